The Morgan fingerprint density at radius 2 is 2.04 bits per heavy atom. The zero-order valence-electron chi connectivity index (χ0n) is 14.1. The predicted octanol–water partition coefficient (Wildman–Crippen LogP) is 2.38. The number of ether oxygens (including phenoxy) is 1. The van der Waals surface area contributed by atoms with Gasteiger partial charge in [0.05, 0.1) is 13.2 Å². The lowest BCUT2D eigenvalue weighted by Gasteiger charge is -2.36. The molecule has 134 valence electrons. The molecular weight excluding hydrogens is 316 g/mol. The molecule has 3 rings (SSSR count). The van der Waals surface area contributed by atoms with Gasteiger partial charge in [0.25, 0.3) is 5.91 Å². The van der Waals surface area contributed by atoms with Gasteiger partial charge in [-0.3, -0.25) is 14.3 Å². The molecular formula is C17H25F2N3O2. The zero-order chi connectivity index (χ0) is 17.1. The molecule has 0 N–H and O–H groups in total. The molecule has 24 heavy (non-hydrogen) atoms. The Morgan fingerprint density at radius 3 is 2.75 bits per heavy atom. The van der Waals surface area contributed by atoms with Gasteiger partial charge in [-0.1, -0.05) is 0 Å². The lowest BCUT2D eigenvalue weighted by molar-refractivity contribution is 0.0216. The number of nitrogens with zero attached hydrogens (tertiary/aromatic N) is 3. The number of carbonyl (C=O) groups is 1. The first-order valence-corrected chi connectivity index (χ1v) is 8.61. The Bertz CT molecular complexity index is 570. The van der Waals surface area contributed by atoms with Crippen molar-refractivity contribution in [1.82, 2.24) is 14.4 Å². The predicted molar refractivity (Wildman–Crippen MR) is 86.3 cm³/mol. The Morgan fingerprint density at radius 1 is 1.29 bits per heavy atom. The van der Waals surface area contributed by atoms with E-state index in [1.165, 1.54) is 6.07 Å². The summed E-state index contributed by atoms with van der Waals surface area (Å²) in [7, 11) is 0. The Hall–Kier alpha value is -1.47. The highest BCUT2D eigenvalue weighted by molar-refractivity contribution is 5.93. The smallest absolute Gasteiger partial charge is 0.319 e. The van der Waals surface area contributed by atoms with Crippen LogP contribution in [0.3, 0.4) is 0 Å². The molecule has 1 aromatic rings. The number of aryl methyl sites for hydroxylation is 1. The Kier molecular flexibility index (Phi) is 5.50. The average molecular weight is 341 g/mol. The molecule has 2 aliphatic heterocycles. The molecule has 0 saturated carbocycles. The van der Waals surface area contributed by atoms with Crippen LogP contribution < -0.4 is 0 Å². The van der Waals surface area contributed by atoms with Crippen molar-refractivity contribution < 1.29 is 18.3 Å². The average Bonchev–Trinajstić information content (AvgIpc) is 2.97. The number of alkyl halides is 2. The minimum absolute atomic E-state index is 0.0922. The van der Waals surface area contributed by atoms with Crippen LogP contribution in [0.25, 0.3) is 0 Å². The second-order valence-electron chi connectivity index (χ2n) is 6.68. The summed E-state index contributed by atoms with van der Waals surface area (Å²) in [5.41, 5.74) is 0.504. The fourth-order valence-corrected chi connectivity index (χ4v) is 3.69. The van der Waals surface area contributed by atoms with Gasteiger partial charge >= 0.3 is 6.55 Å². The molecule has 2 fully saturated rings. The van der Waals surface area contributed by atoms with Crippen molar-refractivity contribution in [1.29, 1.82) is 0 Å². The highest BCUT2D eigenvalue weighted by Crippen LogP contribution is 2.24. The van der Waals surface area contributed by atoms with Crippen molar-refractivity contribution in [2.45, 2.75) is 26.3 Å². The third kappa shape index (κ3) is 3.78. The topological polar surface area (TPSA) is 37.7 Å². The van der Waals surface area contributed by atoms with Crippen LogP contribution in [-0.2, 0) is 4.74 Å². The molecule has 0 aliphatic carbocycles. The molecule has 1 aromatic heterocycles. The molecule has 2 saturated heterocycles. The number of aromatic nitrogens is 1. The number of carbonyl (C=O) groups excluding carboxylic acids is 1. The molecule has 0 unspecified atom stereocenters. The van der Waals surface area contributed by atoms with Crippen LogP contribution in [0.15, 0.2) is 12.1 Å². The van der Waals surface area contributed by atoms with Crippen LogP contribution >= 0.6 is 0 Å². The summed E-state index contributed by atoms with van der Waals surface area (Å²) in [5.74, 6) is 0.118. The van der Waals surface area contributed by atoms with Crippen LogP contribution in [0.4, 0.5) is 8.78 Å². The highest BCUT2D eigenvalue weighted by atomic mass is 19.3. The van der Waals surface area contributed by atoms with Crippen LogP contribution in [-0.4, -0.2) is 66.2 Å². The molecule has 1 amide bonds. The van der Waals surface area contributed by atoms with E-state index < -0.39 is 6.55 Å². The molecule has 2 aliphatic rings. The Balaban J connectivity index is 1.64. The fraction of sp³-hybridized carbons (Fsp3) is 0.706. The van der Waals surface area contributed by atoms with E-state index in [1.807, 2.05) is 0 Å². The number of halogens is 2. The van der Waals surface area contributed by atoms with Gasteiger partial charge in [0.15, 0.2) is 0 Å². The van der Waals surface area contributed by atoms with Crippen LogP contribution in [0, 0.1) is 12.8 Å². The SMILES string of the molecule is Cc1ccc(C(=O)N2CCC[C@H](CN3CCOCC3)C2)n1C(F)F. The summed E-state index contributed by atoms with van der Waals surface area (Å²) in [6, 6.07) is 3.09. The number of likely N-dealkylation sites (tertiary alicyclic amines) is 1. The third-order valence-electron chi connectivity index (χ3n) is 4.96. The van der Waals surface area contributed by atoms with E-state index in [0.29, 0.717) is 24.7 Å². The molecule has 5 nitrogen and oxygen atoms in total. The van der Waals surface area contributed by atoms with Gasteiger partial charge in [-0.2, -0.15) is 8.78 Å². The van der Waals surface area contributed by atoms with E-state index in [0.717, 1.165) is 50.3 Å². The van der Waals surface area contributed by atoms with Crippen LogP contribution in [0.5, 0.6) is 0 Å². The first kappa shape index (κ1) is 17.4. The lowest BCUT2D eigenvalue weighted by Crippen LogP contribution is -2.46. The second kappa shape index (κ2) is 7.61. The third-order valence-corrected chi connectivity index (χ3v) is 4.96. The summed E-state index contributed by atoms with van der Waals surface area (Å²) in [6.07, 6.45) is 2.01. The number of morpholine rings is 1. The normalized spacial score (nSPS) is 23.0. The molecule has 3 heterocycles. The van der Waals surface area contributed by atoms with Crippen molar-refractivity contribution in [2.24, 2.45) is 5.92 Å². The summed E-state index contributed by atoms with van der Waals surface area (Å²) < 4.78 is 32.6. The second-order valence-corrected chi connectivity index (χ2v) is 6.68. The monoisotopic (exact) mass is 341 g/mol. The summed E-state index contributed by atoms with van der Waals surface area (Å²) in [6.45, 7) is 4.52. The Labute approximate surface area is 141 Å². The van der Waals surface area contributed by atoms with E-state index in [4.69, 9.17) is 4.74 Å². The molecule has 0 bridgehead atoms. The maximum atomic E-state index is 13.2. The maximum absolute atomic E-state index is 13.2. The van der Waals surface area contributed by atoms with Crippen molar-refractivity contribution in [3.05, 3.63) is 23.5 Å². The van der Waals surface area contributed by atoms with Crippen molar-refractivity contribution in [3.63, 3.8) is 0 Å². The van der Waals surface area contributed by atoms with E-state index in [9.17, 15) is 13.6 Å². The first-order chi connectivity index (χ1) is 11.6. The number of rotatable bonds is 4. The summed E-state index contributed by atoms with van der Waals surface area (Å²) >= 11 is 0. The quantitative estimate of drug-likeness (QED) is 0.844. The van der Waals surface area contributed by atoms with Gasteiger partial charge in [0.2, 0.25) is 0 Å². The first-order valence-electron chi connectivity index (χ1n) is 8.61. The van der Waals surface area contributed by atoms with Crippen LogP contribution in [0.2, 0.25) is 0 Å². The molecule has 0 spiro atoms. The highest BCUT2D eigenvalue weighted by Gasteiger charge is 2.29. The minimum Gasteiger partial charge on any atom is -0.379 e. The van der Waals surface area contributed by atoms with E-state index >= 15 is 0 Å². The van der Waals surface area contributed by atoms with Gasteiger partial charge in [-0.05, 0) is 37.8 Å². The van der Waals surface area contributed by atoms with Gasteiger partial charge < -0.3 is 9.64 Å². The van der Waals surface area contributed by atoms with Gasteiger partial charge in [-0.15, -0.1) is 0 Å². The number of piperidine rings is 1. The van der Waals surface area contributed by atoms with Crippen molar-refractivity contribution in [2.75, 3.05) is 45.9 Å². The number of amides is 1. The fourth-order valence-electron chi connectivity index (χ4n) is 3.69. The molecule has 0 aromatic carbocycles. The standard InChI is InChI=1S/C17H25F2N3O2/c1-13-4-5-15(22(13)17(18)19)16(23)21-6-2-3-14(12-21)11-20-7-9-24-10-8-20/h4-5,14,17H,2-3,6-12H2,1H3/t14-/m1/s1. The lowest BCUT2D eigenvalue weighted by atomic mass is 9.97. The zero-order valence-corrected chi connectivity index (χ0v) is 14.1. The van der Waals surface area contributed by atoms with E-state index in [-0.39, 0.29) is 11.6 Å². The molecule has 1 atom stereocenters. The maximum Gasteiger partial charge on any atom is 0.319 e. The van der Waals surface area contributed by atoms with Gasteiger partial charge in [0.1, 0.15) is 5.69 Å². The van der Waals surface area contributed by atoms with E-state index in [1.54, 1.807) is 17.9 Å². The minimum atomic E-state index is -2.69. The van der Waals surface area contributed by atoms with Gasteiger partial charge in [0, 0.05) is 38.4 Å². The number of hydrogen-bond acceptors (Lipinski definition) is 3. The summed E-state index contributed by atoms with van der Waals surface area (Å²) in [4.78, 5) is 16.8. The van der Waals surface area contributed by atoms with Gasteiger partial charge in [-0.25, -0.2) is 0 Å². The molecule has 0 radical (unpaired) electrons. The van der Waals surface area contributed by atoms with E-state index in [2.05, 4.69) is 4.90 Å². The van der Waals surface area contributed by atoms with Crippen LogP contribution in [0.1, 0.15) is 35.6 Å². The molecule has 7 heteroatoms. The van der Waals surface area contributed by atoms with Crippen molar-refractivity contribution in [3.8, 4) is 0 Å². The van der Waals surface area contributed by atoms with Crippen molar-refractivity contribution >= 4 is 5.91 Å². The summed E-state index contributed by atoms with van der Waals surface area (Å²) in [5, 5.41) is 0. The number of hydrogen-bond donors (Lipinski definition) is 0. The largest absolute Gasteiger partial charge is 0.379 e.